The molecule has 1 aromatic carbocycles. The molecule has 2 heterocycles. The number of hydrogen-bond acceptors (Lipinski definition) is 4. The number of thiophene rings is 1. The molecular weight excluding hydrogens is 298 g/mol. The summed E-state index contributed by atoms with van der Waals surface area (Å²) in [6, 6.07) is 12.1. The monoisotopic (exact) mass is 313 g/mol. The summed E-state index contributed by atoms with van der Waals surface area (Å²) in [5.74, 6) is -0.325. The molecule has 1 N–H and O–H groups in total. The molecule has 0 fully saturated rings. The lowest BCUT2D eigenvalue weighted by Crippen LogP contribution is -2.34. The Balaban J connectivity index is 1.78. The van der Waals surface area contributed by atoms with Gasteiger partial charge in [0.25, 0.3) is 5.91 Å². The van der Waals surface area contributed by atoms with Gasteiger partial charge < -0.3 is 9.73 Å². The molecule has 2 aromatic heterocycles. The van der Waals surface area contributed by atoms with Gasteiger partial charge in [-0.1, -0.05) is 18.2 Å². The lowest BCUT2D eigenvalue weighted by molar-refractivity contribution is 0.0913. The fourth-order valence-electron chi connectivity index (χ4n) is 2.29. The van der Waals surface area contributed by atoms with Gasteiger partial charge in [0, 0.05) is 23.4 Å². The average molecular weight is 313 g/mol. The third-order valence-electron chi connectivity index (χ3n) is 3.32. The molecule has 1 atom stereocenters. The second kappa shape index (κ2) is 6.15. The van der Waals surface area contributed by atoms with Crippen molar-refractivity contribution in [1.82, 2.24) is 5.32 Å². The van der Waals surface area contributed by atoms with Crippen LogP contribution in [0, 0.1) is 0 Å². The normalized spacial score (nSPS) is 12.2. The molecule has 1 amide bonds. The number of benzene rings is 1. The van der Waals surface area contributed by atoms with Crippen LogP contribution < -0.4 is 10.7 Å². The Morgan fingerprint density at radius 1 is 1.27 bits per heavy atom. The molecule has 1 unspecified atom stereocenters. The molecule has 5 heteroatoms. The summed E-state index contributed by atoms with van der Waals surface area (Å²) in [4.78, 5) is 25.4. The third-order valence-corrected chi connectivity index (χ3v) is 4.22. The molecule has 4 nitrogen and oxygen atoms in total. The van der Waals surface area contributed by atoms with Gasteiger partial charge in [-0.25, -0.2) is 0 Å². The number of carbonyl (C=O) groups excluding carboxylic acids is 1. The van der Waals surface area contributed by atoms with Gasteiger partial charge in [-0.3, -0.25) is 9.59 Å². The Labute approximate surface area is 131 Å². The number of amides is 1. The minimum atomic E-state index is -0.369. The summed E-state index contributed by atoms with van der Waals surface area (Å²) in [5.41, 5.74) is 0.212. The van der Waals surface area contributed by atoms with Crippen LogP contribution in [0.5, 0.6) is 0 Å². The van der Waals surface area contributed by atoms with E-state index < -0.39 is 0 Å². The number of carbonyl (C=O) groups is 1. The van der Waals surface area contributed by atoms with Gasteiger partial charge in [0.05, 0.1) is 5.39 Å². The molecule has 0 bridgehead atoms. The summed E-state index contributed by atoms with van der Waals surface area (Å²) in [5, 5.41) is 5.35. The van der Waals surface area contributed by atoms with Crippen LogP contribution in [0.25, 0.3) is 11.0 Å². The maximum absolute atomic E-state index is 12.2. The molecular formula is C17H15NO3S. The first-order chi connectivity index (χ1) is 10.6. The number of para-hydroxylation sites is 1. The van der Waals surface area contributed by atoms with E-state index in [4.69, 9.17) is 4.42 Å². The summed E-state index contributed by atoms with van der Waals surface area (Å²) < 4.78 is 5.53. The minimum Gasteiger partial charge on any atom is -0.451 e. The maximum atomic E-state index is 12.2. The van der Waals surface area contributed by atoms with Crippen molar-refractivity contribution >= 4 is 28.2 Å². The molecule has 0 radical (unpaired) electrons. The van der Waals surface area contributed by atoms with Crippen LogP contribution in [-0.2, 0) is 6.42 Å². The third kappa shape index (κ3) is 3.09. The first kappa shape index (κ1) is 14.5. The molecule has 0 saturated heterocycles. The van der Waals surface area contributed by atoms with Gasteiger partial charge in [0.2, 0.25) is 0 Å². The van der Waals surface area contributed by atoms with Gasteiger partial charge in [-0.2, -0.15) is 0 Å². The summed E-state index contributed by atoms with van der Waals surface area (Å²) in [7, 11) is 0. The zero-order valence-corrected chi connectivity index (χ0v) is 12.9. The first-order valence-electron chi connectivity index (χ1n) is 6.99. The molecule has 0 spiro atoms. The van der Waals surface area contributed by atoms with Crippen LogP contribution in [0.3, 0.4) is 0 Å². The molecule has 0 aliphatic rings. The fourth-order valence-corrected chi connectivity index (χ4v) is 3.13. The van der Waals surface area contributed by atoms with E-state index in [9.17, 15) is 9.59 Å². The van der Waals surface area contributed by atoms with Gasteiger partial charge in [-0.15, -0.1) is 11.3 Å². The second-order valence-corrected chi connectivity index (χ2v) is 6.16. The molecule has 112 valence electrons. The van der Waals surface area contributed by atoms with E-state index in [1.54, 1.807) is 35.6 Å². The fraction of sp³-hybridized carbons (Fsp3) is 0.176. The van der Waals surface area contributed by atoms with Crippen LogP contribution in [0.15, 0.2) is 57.1 Å². The van der Waals surface area contributed by atoms with E-state index in [2.05, 4.69) is 5.32 Å². The SMILES string of the molecule is CC(Cc1cccs1)NC(=O)c1cc(=O)c2ccccc2o1. The van der Waals surface area contributed by atoms with E-state index in [0.717, 1.165) is 6.42 Å². The molecule has 0 saturated carbocycles. The van der Waals surface area contributed by atoms with Gasteiger partial charge >= 0.3 is 0 Å². The highest BCUT2D eigenvalue weighted by atomic mass is 32.1. The van der Waals surface area contributed by atoms with Crippen molar-refractivity contribution in [3.8, 4) is 0 Å². The van der Waals surface area contributed by atoms with Crippen molar-refractivity contribution in [3.05, 3.63) is 68.7 Å². The average Bonchev–Trinajstić information content (AvgIpc) is 3.00. The first-order valence-corrected chi connectivity index (χ1v) is 7.87. The maximum Gasteiger partial charge on any atom is 0.287 e. The van der Waals surface area contributed by atoms with Crippen LogP contribution in [-0.4, -0.2) is 11.9 Å². The predicted octanol–water partition coefficient (Wildman–Crippen LogP) is 3.22. The highest BCUT2D eigenvalue weighted by Crippen LogP contribution is 2.13. The smallest absolute Gasteiger partial charge is 0.287 e. The predicted molar refractivity (Wildman–Crippen MR) is 87.4 cm³/mol. The Kier molecular flexibility index (Phi) is 4.06. The van der Waals surface area contributed by atoms with Gasteiger partial charge in [0.1, 0.15) is 5.58 Å². The Morgan fingerprint density at radius 3 is 2.86 bits per heavy atom. The molecule has 3 rings (SSSR count). The Bertz CT molecular complexity index is 852. The van der Waals surface area contributed by atoms with Crippen molar-refractivity contribution < 1.29 is 9.21 Å². The van der Waals surface area contributed by atoms with Crippen molar-refractivity contribution in [3.63, 3.8) is 0 Å². The molecule has 0 aliphatic carbocycles. The van der Waals surface area contributed by atoms with Crippen molar-refractivity contribution in [2.45, 2.75) is 19.4 Å². The summed E-state index contributed by atoms with van der Waals surface area (Å²) in [6.45, 7) is 1.93. The largest absolute Gasteiger partial charge is 0.451 e. The van der Waals surface area contributed by atoms with Crippen LogP contribution in [0.2, 0.25) is 0 Å². The van der Waals surface area contributed by atoms with Crippen LogP contribution in [0.4, 0.5) is 0 Å². The molecule has 0 aliphatic heterocycles. The van der Waals surface area contributed by atoms with Gasteiger partial charge in [0.15, 0.2) is 11.2 Å². The van der Waals surface area contributed by atoms with E-state index >= 15 is 0 Å². The lowest BCUT2D eigenvalue weighted by Gasteiger charge is -2.12. The zero-order valence-electron chi connectivity index (χ0n) is 12.0. The number of hydrogen-bond donors (Lipinski definition) is 1. The minimum absolute atomic E-state index is 0.0390. The Morgan fingerprint density at radius 2 is 2.09 bits per heavy atom. The number of fused-ring (bicyclic) bond motifs is 1. The van der Waals surface area contributed by atoms with Crippen LogP contribution in [0.1, 0.15) is 22.4 Å². The number of nitrogens with one attached hydrogen (secondary N) is 1. The van der Waals surface area contributed by atoms with Crippen LogP contribution >= 0.6 is 11.3 Å². The van der Waals surface area contributed by atoms with E-state index in [1.807, 2.05) is 24.4 Å². The van der Waals surface area contributed by atoms with Crippen molar-refractivity contribution in [2.24, 2.45) is 0 Å². The second-order valence-electron chi connectivity index (χ2n) is 5.13. The quantitative estimate of drug-likeness (QED) is 0.804. The summed E-state index contributed by atoms with van der Waals surface area (Å²) >= 11 is 1.65. The highest BCUT2D eigenvalue weighted by molar-refractivity contribution is 7.09. The lowest BCUT2D eigenvalue weighted by atomic mass is 10.2. The zero-order chi connectivity index (χ0) is 15.5. The van der Waals surface area contributed by atoms with Gasteiger partial charge in [-0.05, 0) is 30.5 Å². The number of rotatable bonds is 4. The summed E-state index contributed by atoms with van der Waals surface area (Å²) in [6.07, 6.45) is 0.751. The van der Waals surface area contributed by atoms with E-state index in [0.29, 0.717) is 11.0 Å². The Hall–Kier alpha value is -2.40. The van der Waals surface area contributed by atoms with E-state index in [1.165, 1.54) is 10.9 Å². The van der Waals surface area contributed by atoms with E-state index in [-0.39, 0.29) is 23.1 Å². The molecule has 3 aromatic rings. The van der Waals surface area contributed by atoms with Crippen molar-refractivity contribution in [1.29, 1.82) is 0 Å². The topological polar surface area (TPSA) is 59.3 Å². The molecule has 22 heavy (non-hydrogen) atoms. The van der Waals surface area contributed by atoms with Crippen molar-refractivity contribution in [2.75, 3.05) is 0 Å². The highest BCUT2D eigenvalue weighted by Gasteiger charge is 2.15. The standard InChI is InChI=1S/C17H15NO3S/c1-11(9-12-5-4-8-22-12)18-17(20)16-10-14(19)13-6-2-3-7-15(13)21-16/h2-8,10-11H,9H2,1H3,(H,18,20).